The van der Waals surface area contributed by atoms with Crippen LogP contribution in [0.1, 0.15) is 33.1 Å². The van der Waals surface area contributed by atoms with E-state index in [0.717, 1.165) is 11.3 Å². The molecule has 1 aromatic carbocycles. The summed E-state index contributed by atoms with van der Waals surface area (Å²) in [4.78, 5) is 20.6. The van der Waals surface area contributed by atoms with Gasteiger partial charge in [0, 0.05) is 18.3 Å². The number of aromatic nitrogens is 5. The number of rotatable bonds is 6. The van der Waals surface area contributed by atoms with Gasteiger partial charge in [0.1, 0.15) is 17.4 Å². The molecule has 1 amide bonds. The van der Waals surface area contributed by atoms with Gasteiger partial charge in [0.15, 0.2) is 5.69 Å². The molecule has 0 saturated carbocycles. The fraction of sp³-hybridized carbons (Fsp3) is 0.278. The zero-order valence-electron chi connectivity index (χ0n) is 15.4. The topological polar surface area (TPSA) is 121 Å². The van der Waals surface area contributed by atoms with E-state index in [0.29, 0.717) is 29.4 Å². The number of aryl methyl sites for hydroxylation is 1. The van der Waals surface area contributed by atoms with Gasteiger partial charge in [0.05, 0.1) is 19.3 Å². The Labute approximate surface area is 156 Å². The summed E-state index contributed by atoms with van der Waals surface area (Å²) in [6.07, 6.45) is 1.60. The first kappa shape index (κ1) is 18.3. The number of nitrogens with zero attached hydrogens (tertiary/aromatic N) is 5. The van der Waals surface area contributed by atoms with Crippen LogP contribution in [0.25, 0.3) is 0 Å². The fourth-order valence-electron chi connectivity index (χ4n) is 2.53. The van der Waals surface area contributed by atoms with Gasteiger partial charge in [-0.1, -0.05) is 17.3 Å². The third kappa shape index (κ3) is 4.20. The van der Waals surface area contributed by atoms with E-state index < -0.39 is 0 Å². The second kappa shape index (κ2) is 7.81. The van der Waals surface area contributed by atoms with Crippen LogP contribution in [-0.2, 0) is 13.1 Å². The van der Waals surface area contributed by atoms with Crippen molar-refractivity contribution in [1.82, 2.24) is 30.3 Å². The molecule has 2 aromatic heterocycles. The number of ether oxygens (including phenoxy) is 1. The average molecular weight is 367 g/mol. The minimum atomic E-state index is -0.326. The van der Waals surface area contributed by atoms with Crippen molar-refractivity contribution in [3.63, 3.8) is 0 Å². The molecule has 0 fully saturated rings. The van der Waals surface area contributed by atoms with Gasteiger partial charge in [-0.25, -0.2) is 14.6 Å². The SMILES string of the molecule is COc1ccc(Cn2nnc(C(=O)NCc3cnc(C)nc3N)c2C)cc1. The Morgan fingerprint density at radius 2 is 2.00 bits per heavy atom. The van der Waals surface area contributed by atoms with Gasteiger partial charge in [-0.05, 0) is 31.5 Å². The van der Waals surface area contributed by atoms with E-state index in [-0.39, 0.29) is 18.1 Å². The number of anilines is 1. The number of hydrogen-bond donors (Lipinski definition) is 2. The van der Waals surface area contributed by atoms with Gasteiger partial charge < -0.3 is 15.8 Å². The highest BCUT2D eigenvalue weighted by molar-refractivity contribution is 5.93. The maximum absolute atomic E-state index is 12.4. The molecule has 9 nitrogen and oxygen atoms in total. The number of carbonyl (C=O) groups is 1. The molecule has 0 radical (unpaired) electrons. The highest BCUT2D eigenvalue weighted by atomic mass is 16.5. The highest BCUT2D eigenvalue weighted by Gasteiger charge is 2.17. The Bertz CT molecular complexity index is 951. The number of methoxy groups -OCH3 is 1. The quantitative estimate of drug-likeness (QED) is 0.672. The van der Waals surface area contributed by atoms with Crippen molar-refractivity contribution < 1.29 is 9.53 Å². The number of benzene rings is 1. The summed E-state index contributed by atoms with van der Waals surface area (Å²) in [7, 11) is 1.62. The number of carbonyl (C=O) groups excluding carboxylic acids is 1. The molecule has 0 spiro atoms. The van der Waals surface area contributed by atoms with Gasteiger partial charge >= 0.3 is 0 Å². The van der Waals surface area contributed by atoms with Crippen LogP contribution >= 0.6 is 0 Å². The predicted octanol–water partition coefficient (Wildman–Crippen LogP) is 1.25. The van der Waals surface area contributed by atoms with Gasteiger partial charge in [0.2, 0.25) is 0 Å². The van der Waals surface area contributed by atoms with E-state index >= 15 is 0 Å². The lowest BCUT2D eigenvalue weighted by Crippen LogP contribution is -2.25. The second-order valence-corrected chi connectivity index (χ2v) is 6.04. The smallest absolute Gasteiger partial charge is 0.274 e. The molecule has 0 saturated heterocycles. The Kier molecular flexibility index (Phi) is 5.30. The molecule has 0 unspecified atom stereocenters. The first-order chi connectivity index (χ1) is 13.0. The molecule has 2 heterocycles. The molecule has 0 bridgehead atoms. The van der Waals surface area contributed by atoms with E-state index in [2.05, 4.69) is 25.6 Å². The summed E-state index contributed by atoms with van der Waals surface area (Å²) in [6, 6.07) is 7.65. The summed E-state index contributed by atoms with van der Waals surface area (Å²) < 4.78 is 6.83. The van der Waals surface area contributed by atoms with Crippen LogP contribution < -0.4 is 15.8 Å². The monoisotopic (exact) mass is 367 g/mol. The summed E-state index contributed by atoms with van der Waals surface area (Å²) in [5.41, 5.74) is 8.47. The molecule has 3 aromatic rings. The predicted molar refractivity (Wildman–Crippen MR) is 99.2 cm³/mol. The van der Waals surface area contributed by atoms with Crippen LogP contribution in [0.4, 0.5) is 5.82 Å². The standard InChI is InChI=1S/C18H21N7O2/c1-11-16(18(26)21-9-14-8-20-12(2)22-17(14)19)23-24-25(11)10-13-4-6-15(27-3)7-5-13/h4-8H,9-10H2,1-3H3,(H,21,26)(H2,19,20,22). The normalized spacial score (nSPS) is 10.6. The first-order valence-electron chi connectivity index (χ1n) is 8.37. The fourth-order valence-corrected chi connectivity index (χ4v) is 2.53. The van der Waals surface area contributed by atoms with Gasteiger partial charge in [-0.15, -0.1) is 5.10 Å². The zero-order chi connectivity index (χ0) is 19.4. The average Bonchev–Trinajstić information content (AvgIpc) is 3.02. The molecular formula is C18H21N7O2. The van der Waals surface area contributed by atoms with Crippen molar-refractivity contribution in [2.75, 3.05) is 12.8 Å². The number of amides is 1. The molecular weight excluding hydrogens is 346 g/mol. The van der Waals surface area contributed by atoms with Crippen molar-refractivity contribution in [2.24, 2.45) is 0 Å². The molecule has 27 heavy (non-hydrogen) atoms. The van der Waals surface area contributed by atoms with Crippen molar-refractivity contribution >= 4 is 11.7 Å². The molecule has 3 N–H and O–H groups in total. The van der Waals surface area contributed by atoms with Crippen LogP contribution in [0, 0.1) is 13.8 Å². The number of nitrogen functional groups attached to an aromatic ring is 1. The minimum absolute atomic E-state index is 0.218. The Morgan fingerprint density at radius 3 is 2.67 bits per heavy atom. The van der Waals surface area contributed by atoms with Crippen molar-refractivity contribution in [3.05, 3.63) is 58.8 Å². The lowest BCUT2D eigenvalue weighted by molar-refractivity contribution is 0.0945. The van der Waals surface area contributed by atoms with Gasteiger partial charge in [-0.2, -0.15) is 0 Å². The van der Waals surface area contributed by atoms with E-state index in [1.54, 1.807) is 24.9 Å². The number of hydrogen-bond acceptors (Lipinski definition) is 7. The van der Waals surface area contributed by atoms with E-state index in [1.165, 1.54) is 0 Å². The Morgan fingerprint density at radius 1 is 1.26 bits per heavy atom. The third-order valence-electron chi connectivity index (χ3n) is 4.15. The van der Waals surface area contributed by atoms with Crippen molar-refractivity contribution in [3.8, 4) is 5.75 Å². The largest absolute Gasteiger partial charge is 0.497 e. The Hall–Kier alpha value is -3.49. The summed E-state index contributed by atoms with van der Waals surface area (Å²) in [5, 5.41) is 10.9. The molecule has 3 rings (SSSR count). The van der Waals surface area contributed by atoms with Crippen molar-refractivity contribution in [1.29, 1.82) is 0 Å². The molecule has 140 valence electrons. The number of nitrogens with two attached hydrogens (primary N) is 1. The molecule has 0 aliphatic heterocycles. The molecule has 0 atom stereocenters. The molecule has 0 aliphatic carbocycles. The summed E-state index contributed by atoms with van der Waals surface area (Å²) in [5.74, 6) is 1.39. The summed E-state index contributed by atoms with van der Waals surface area (Å²) >= 11 is 0. The maximum Gasteiger partial charge on any atom is 0.274 e. The lowest BCUT2D eigenvalue weighted by atomic mass is 10.2. The molecule has 0 aliphatic rings. The van der Waals surface area contributed by atoms with Crippen LogP contribution in [0.5, 0.6) is 5.75 Å². The lowest BCUT2D eigenvalue weighted by Gasteiger charge is -2.07. The Balaban J connectivity index is 1.67. The van der Waals surface area contributed by atoms with E-state index in [9.17, 15) is 4.79 Å². The zero-order valence-corrected chi connectivity index (χ0v) is 15.4. The van der Waals surface area contributed by atoms with Crippen molar-refractivity contribution in [2.45, 2.75) is 26.9 Å². The van der Waals surface area contributed by atoms with Crippen LogP contribution in [-0.4, -0.2) is 38.0 Å². The van der Waals surface area contributed by atoms with Crippen LogP contribution in [0.2, 0.25) is 0 Å². The van der Waals surface area contributed by atoms with Gasteiger partial charge in [0.25, 0.3) is 5.91 Å². The number of nitrogens with one attached hydrogen (secondary N) is 1. The van der Waals surface area contributed by atoms with E-state index in [1.807, 2.05) is 31.2 Å². The van der Waals surface area contributed by atoms with Crippen LogP contribution in [0.15, 0.2) is 30.5 Å². The highest BCUT2D eigenvalue weighted by Crippen LogP contribution is 2.14. The third-order valence-corrected chi connectivity index (χ3v) is 4.15. The minimum Gasteiger partial charge on any atom is -0.497 e. The second-order valence-electron chi connectivity index (χ2n) is 6.04. The summed E-state index contributed by atoms with van der Waals surface area (Å²) in [6.45, 7) is 4.29. The van der Waals surface area contributed by atoms with Crippen LogP contribution in [0.3, 0.4) is 0 Å². The molecule has 9 heteroatoms. The maximum atomic E-state index is 12.4. The van der Waals surface area contributed by atoms with Gasteiger partial charge in [-0.3, -0.25) is 4.79 Å². The first-order valence-corrected chi connectivity index (χ1v) is 8.37. The van der Waals surface area contributed by atoms with E-state index in [4.69, 9.17) is 10.5 Å².